The van der Waals surface area contributed by atoms with Crippen LogP contribution in [0.25, 0.3) is 0 Å². The molecule has 0 saturated carbocycles. The molecule has 0 aliphatic rings. The molecule has 0 saturated heterocycles. The highest BCUT2D eigenvalue weighted by molar-refractivity contribution is 6.17. The lowest BCUT2D eigenvalue weighted by Crippen LogP contribution is -2.32. The molecule has 1 aromatic rings. The Hall–Kier alpha value is -0.940. The van der Waals surface area contributed by atoms with Crippen LogP contribution >= 0.6 is 11.6 Å². The van der Waals surface area contributed by atoms with Gasteiger partial charge in [-0.3, -0.25) is 0 Å². The van der Waals surface area contributed by atoms with Crippen molar-refractivity contribution >= 4 is 17.3 Å². The topological polar surface area (TPSA) is 6.48 Å². The minimum Gasteiger partial charge on any atom is -0.370 e. The van der Waals surface area contributed by atoms with Gasteiger partial charge in [0, 0.05) is 31.2 Å². The van der Waals surface area contributed by atoms with Gasteiger partial charge in [-0.25, -0.2) is 0 Å². The van der Waals surface area contributed by atoms with E-state index in [4.69, 9.17) is 11.6 Å². The van der Waals surface area contributed by atoms with Crippen LogP contribution in [0.1, 0.15) is 24.5 Å². The minimum atomic E-state index is -4.38. The average molecular weight is 323 g/mol. The zero-order valence-electron chi connectivity index (χ0n) is 12.7. The Balaban J connectivity index is 3.08. The summed E-state index contributed by atoms with van der Waals surface area (Å²) in [6.45, 7) is 4.22. The van der Waals surface area contributed by atoms with E-state index in [1.807, 2.05) is 30.8 Å². The van der Waals surface area contributed by atoms with Crippen molar-refractivity contribution in [2.24, 2.45) is 0 Å². The summed E-state index contributed by atoms with van der Waals surface area (Å²) < 4.78 is 39.3. The van der Waals surface area contributed by atoms with Crippen LogP contribution in [0.5, 0.6) is 0 Å². The predicted octanol–water partition coefficient (Wildman–Crippen LogP) is 4.22. The van der Waals surface area contributed by atoms with Crippen LogP contribution in [0.2, 0.25) is 0 Å². The van der Waals surface area contributed by atoms with Gasteiger partial charge in [0.2, 0.25) is 0 Å². The second kappa shape index (κ2) is 7.90. The van der Waals surface area contributed by atoms with E-state index in [1.165, 1.54) is 12.1 Å². The third kappa shape index (κ3) is 5.40. The number of likely N-dealkylation sites (N-methyl/N-ethyl adjacent to an activating group) is 1. The van der Waals surface area contributed by atoms with Gasteiger partial charge in [-0.2, -0.15) is 13.2 Å². The first-order valence-electron chi connectivity index (χ1n) is 6.95. The molecule has 0 fully saturated rings. The number of nitrogens with zero attached hydrogens (tertiary/aromatic N) is 2. The average Bonchev–Trinajstić information content (AvgIpc) is 2.41. The molecule has 1 rings (SSSR count). The van der Waals surface area contributed by atoms with E-state index in [2.05, 4.69) is 0 Å². The van der Waals surface area contributed by atoms with Crippen molar-refractivity contribution in [3.05, 3.63) is 29.3 Å². The molecule has 0 radical (unpaired) electrons. The Morgan fingerprint density at radius 1 is 1.10 bits per heavy atom. The minimum absolute atomic E-state index is 0.122. The van der Waals surface area contributed by atoms with Gasteiger partial charge in [0.15, 0.2) is 0 Å². The van der Waals surface area contributed by atoms with Gasteiger partial charge < -0.3 is 9.80 Å². The van der Waals surface area contributed by atoms with E-state index in [9.17, 15) is 13.2 Å². The Kier molecular flexibility index (Phi) is 6.81. The maximum atomic E-state index is 13.1. The molecule has 0 heterocycles. The van der Waals surface area contributed by atoms with Crippen molar-refractivity contribution in [2.45, 2.75) is 25.4 Å². The fourth-order valence-electron chi connectivity index (χ4n) is 2.10. The molecular formula is C15H22ClF3N2. The molecule has 0 aromatic heterocycles. The molecule has 0 aliphatic carbocycles. The van der Waals surface area contributed by atoms with Crippen LogP contribution in [0.3, 0.4) is 0 Å². The van der Waals surface area contributed by atoms with Crippen LogP contribution in [0.15, 0.2) is 18.2 Å². The first-order chi connectivity index (χ1) is 9.79. The lowest BCUT2D eigenvalue weighted by Gasteiger charge is -2.27. The largest absolute Gasteiger partial charge is 0.416 e. The van der Waals surface area contributed by atoms with E-state index in [-0.39, 0.29) is 11.4 Å². The smallest absolute Gasteiger partial charge is 0.370 e. The van der Waals surface area contributed by atoms with Gasteiger partial charge in [0.25, 0.3) is 0 Å². The van der Waals surface area contributed by atoms with Crippen molar-refractivity contribution in [3.8, 4) is 0 Å². The summed E-state index contributed by atoms with van der Waals surface area (Å²) in [6, 6.07) is 4.41. The molecule has 0 atom stereocenters. The molecule has 0 unspecified atom stereocenters. The highest BCUT2D eigenvalue weighted by Gasteiger charge is 2.33. The van der Waals surface area contributed by atoms with Crippen LogP contribution in [0.4, 0.5) is 18.9 Å². The zero-order chi connectivity index (χ0) is 16.0. The molecule has 2 nitrogen and oxygen atoms in total. The van der Waals surface area contributed by atoms with Crippen molar-refractivity contribution < 1.29 is 13.2 Å². The van der Waals surface area contributed by atoms with E-state index in [0.29, 0.717) is 12.2 Å². The third-order valence-corrected chi connectivity index (χ3v) is 3.51. The number of alkyl halides is 4. The van der Waals surface area contributed by atoms with Crippen molar-refractivity contribution in [1.82, 2.24) is 4.90 Å². The number of hydrogen-bond acceptors (Lipinski definition) is 2. The maximum absolute atomic E-state index is 13.1. The van der Waals surface area contributed by atoms with Crippen molar-refractivity contribution in [3.63, 3.8) is 0 Å². The van der Waals surface area contributed by atoms with E-state index >= 15 is 0 Å². The van der Waals surface area contributed by atoms with Crippen LogP contribution in [0, 0.1) is 0 Å². The first-order valence-corrected chi connectivity index (χ1v) is 7.48. The fraction of sp³-hybridized carbons (Fsp3) is 0.600. The summed E-state index contributed by atoms with van der Waals surface area (Å²) in [5.41, 5.74) is 0.0813. The summed E-state index contributed by atoms with van der Waals surface area (Å²) in [4.78, 5) is 3.99. The first kappa shape index (κ1) is 18.1. The number of benzene rings is 1. The number of hydrogen-bond donors (Lipinski definition) is 0. The molecule has 0 N–H and O–H groups in total. The normalized spacial score (nSPS) is 12.0. The molecule has 0 bridgehead atoms. The Morgan fingerprint density at radius 2 is 1.76 bits per heavy atom. The zero-order valence-corrected chi connectivity index (χ0v) is 13.4. The predicted molar refractivity (Wildman–Crippen MR) is 82.1 cm³/mol. The van der Waals surface area contributed by atoms with Crippen LogP contribution < -0.4 is 4.90 Å². The van der Waals surface area contributed by atoms with Crippen molar-refractivity contribution in [2.75, 3.05) is 38.6 Å². The molecule has 0 spiro atoms. The van der Waals surface area contributed by atoms with E-state index < -0.39 is 11.7 Å². The number of anilines is 1. The second-order valence-corrected chi connectivity index (χ2v) is 5.53. The molecule has 0 amide bonds. The molecule has 120 valence electrons. The van der Waals surface area contributed by atoms with Gasteiger partial charge in [-0.05, 0) is 38.2 Å². The number of rotatable bonds is 7. The van der Waals surface area contributed by atoms with Crippen molar-refractivity contribution in [1.29, 1.82) is 0 Å². The summed E-state index contributed by atoms with van der Waals surface area (Å²) in [7, 11) is 3.89. The Labute approximate surface area is 129 Å². The van der Waals surface area contributed by atoms with Gasteiger partial charge in [0.1, 0.15) is 0 Å². The standard InChI is InChI=1S/C15H22ClF3N2/c1-4-7-21(9-8-20(2)3)13-6-5-12(11-16)14(10-13)15(17,18)19/h5-6,10H,4,7-9,11H2,1-3H3. The van der Waals surface area contributed by atoms with E-state index in [1.54, 1.807) is 6.07 Å². The lowest BCUT2D eigenvalue weighted by atomic mass is 10.1. The van der Waals surface area contributed by atoms with Gasteiger partial charge in [0.05, 0.1) is 5.56 Å². The maximum Gasteiger partial charge on any atom is 0.416 e. The highest BCUT2D eigenvalue weighted by Crippen LogP contribution is 2.35. The quantitative estimate of drug-likeness (QED) is 0.693. The fourth-order valence-corrected chi connectivity index (χ4v) is 2.34. The summed E-state index contributed by atoms with van der Waals surface area (Å²) in [5, 5.41) is 0. The SMILES string of the molecule is CCCN(CCN(C)C)c1ccc(CCl)c(C(F)(F)F)c1. The van der Waals surface area contributed by atoms with Gasteiger partial charge in [-0.1, -0.05) is 13.0 Å². The Morgan fingerprint density at radius 3 is 2.24 bits per heavy atom. The highest BCUT2D eigenvalue weighted by atomic mass is 35.5. The molecule has 21 heavy (non-hydrogen) atoms. The summed E-state index contributed by atoms with van der Waals surface area (Å²) in [5.74, 6) is -0.138. The Bertz CT molecular complexity index is 447. The number of halogens is 4. The molecule has 6 heteroatoms. The van der Waals surface area contributed by atoms with Crippen LogP contribution in [-0.4, -0.2) is 38.6 Å². The monoisotopic (exact) mass is 322 g/mol. The van der Waals surface area contributed by atoms with Crippen LogP contribution in [-0.2, 0) is 12.1 Å². The van der Waals surface area contributed by atoms with Gasteiger partial charge in [-0.15, -0.1) is 11.6 Å². The lowest BCUT2D eigenvalue weighted by molar-refractivity contribution is -0.138. The summed E-state index contributed by atoms with van der Waals surface area (Å²) in [6.07, 6.45) is -3.49. The molecule has 1 aromatic carbocycles. The van der Waals surface area contributed by atoms with E-state index in [0.717, 1.165) is 19.5 Å². The summed E-state index contributed by atoms with van der Waals surface area (Å²) >= 11 is 5.61. The van der Waals surface area contributed by atoms with Gasteiger partial charge >= 0.3 is 6.18 Å². The third-order valence-electron chi connectivity index (χ3n) is 3.22. The second-order valence-electron chi connectivity index (χ2n) is 5.26. The molecule has 0 aliphatic heterocycles. The molecular weight excluding hydrogens is 301 g/mol.